The highest BCUT2D eigenvalue weighted by Gasteiger charge is 2.68. The van der Waals surface area contributed by atoms with Crippen molar-refractivity contribution >= 4 is 0 Å². The van der Waals surface area contributed by atoms with Crippen LogP contribution in [-0.4, -0.2) is 45.8 Å². The summed E-state index contributed by atoms with van der Waals surface area (Å²) in [6.07, 6.45) is 9.37. The fraction of sp³-hybridized carbons (Fsp3) is 1.00. The lowest BCUT2D eigenvalue weighted by molar-refractivity contribution is -0.211. The van der Waals surface area contributed by atoms with E-state index in [4.69, 9.17) is 4.74 Å². The molecule has 4 aliphatic carbocycles. The molecular weight excluding hydrogens is 424 g/mol. The second-order valence-corrected chi connectivity index (χ2v) is 15.2. The summed E-state index contributed by atoms with van der Waals surface area (Å²) in [5, 5.41) is 32.2. The molecule has 34 heavy (non-hydrogen) atoms. The van der Waals surface area contributed by atoms with Gasteiger partial charge < -0.3 is 20.1 Å². The molecule has 4 heteroatoms. The number of rotatable bonds is 2. The van der Waals surface area contributed by atoms with Gasteiger partial charge in [0.2, 0.25) is 0 Å². The zero-order chi connectivity index (χ0) is 24.9. The van der Waals surface area contributed by atoms with Crippen molar-refractivity contribution in [2.45, 2.75) is 130 Å². The Morgan fingerprint density at radius 2 is 1.38 bits per heavy atom. The Morgan fingerprint density at radius 1 is 0.765 bits per heavy atom. The van der Waals surface area contributed by atoms with Crippen LogP contribution in [0.25, 0.3) is 0 Å². The van der Waals surface area contributed by atoms with Crippen molar-refractivity contribution in [2.75, 3.05) is 6.61 Å². The van der Waals surface area contributed by atoms with Crippen molar-refractivity contribution in [1.82, 2.24) is 0 Å². The Balaban J connectivity index is 1.39. The second-order valence-electron chi connectivity index (χ2n) is 15.2. The summed E-state index contributed by atoms with van der Waals surface area (Å²) < 4.78 is 6.14. The van der Waals surface area contributed by atoms with Gasteiger partial charge in [0.25, 0.3) is 0 Å². The third-order valence-electron chi connectivity index (χ3n) is 13.1. The van der Waals surface area contributed by atoms with Gasteiger partial charge in [-0.3, -0.25) is 0 Å². The molecule has 3 N–H and O–H groups in total. The Morgan fingerprint density at radius 3 is 2.00 bits per heavy atom. The summed E-state index contributed by atoms with van der Waals surface area (Å²) in [5.41, 5.74) is -0.0161. The molecule has 5 aliphatic rings. The summed E-state index contributed by atoms with van der Waals surface area (Å²) in [7, 11) is 0. The highest BCUT2D eigenvalue weighted by Crippen LogP contribution is 2.74. The number of hydrogen-bond donors (Lipinski definition) is 3. The van der Waals surface area contributed by atoms with Crippen molar-refractivity contribution in [1.29, 1.82) is 0 Å². The van der Waals surface area contributed by atoms with Crippen LogP contribution in [0, 0.1) is 51.2 Å². The second kappa shape index (κ2) is 7.92. The van der Waals surface area contributed by atoms with Gasteiger partial charge in [-0.05, 0) is 123 Å². The van der Waals surface area contributed by atoms with Gasteiger partial charge in [0.1, 0.15) is 6.10 Å². The first-order chi connectivity index (χ1) is 15.7. The normalized spacial score (nSPS) is 55.2. The van der Waals surface area contributed by atoms with E-state index in [9.17, 15) is 15.3 Å². The molecule has 0 aromatic rings. The molecular formula is C30H52O4. The quantitative estimate of drug-likeness (QED) is 0.487. The largest absolute Gasteiger partial charge is 0.393 e. The third kappa shape index (κ3) is 3.37. The molecule has 4 saturated carbocycles. The van der Waals surface area contributed by atoms with Gasteiger partial charge >= 0.3 is 0 Å². The highest BCUT2D eigenvalue weighted by molar-refractivity contribution is 5.16. The lowest BCUT2D eigenvalue weighted by Gasteiger charge is -2.67. The minimum atomic E-state index is -1.01. The number of fused-ring (bicyclic) bond motifs is 5. The Hall–Kier alpha value is -0.160. The number of ether oxygens (including phenoxy) is 1. The number of aliphatic hydroxyl groups is 3. The van der Waals surface area contributed by atoms with E-state index in [1.807, 2.05) is 0 Å². The molecule has 0 amide bonds. The zero-order valence-electron chi connectivity index (χ0n) is 22.9. The fourth-order valence-corrected chi connectivity index (χ4v) is 11.1. The standard InChI is InChI=1S/C30H52O4/c1-26(2)23-9-8-21-20(28(23,5)13-12-24(26)32)11-15-29(6)19(10-14-30(21,29)7)18-16-22(31)25(34-17-18)27(3,4)33/h18-25,31-33H,8-17H2,1-7H3/t18-,19-,20-,21?,22-,23-,24-,25-,28+,29+,30+/m1/s1. The maximum Gasteiger partial charge on any atom is 0.111 e. The van der Waals surface area contributed by atoms with Crippen LogP contribution < -0.4 is 0 Å². The van der Waals surface area contributed by atoms with Crippen LogP contribution in [0.4, 0.5) is 0 Å². The molecule has 1 heterocycles. The highest BCUT2D eigenvalue weighted by atomic mass is 16.5. The van der Waals surface area contributed by atoms with E-state index in [-0.39, 0.29) is 16.9 Å². The molecule has 0 bridgehead atoms. The van der Waals surface area contributed by atoms with Crippen molar-refractivity contribution in [2.24, 2.45) is 51.2 Å². The summed E-state index contributed by atoms with van der Waals surface area (Å²) >= 11 is 0. The molecule has 4 nitrogen and oxygen atoms in total. The zero-order valence-corrected chi connectivity index (χ0v) is 22.9. The molecule has 5 fully saturated rings. The average Bonchev–Trinajstić information content (AvgIpc) is 3.02. The minimum absolute atomic E-state index is 0.0183. The van der Waals surface area contributed by atoms with Gasteiger partial charge in [-0.2, -0.15) is 0 Å². The molecule has 0 aromatic heterocycles. The monoisotopic (exact) mass is 476 g/mol. The van der Waals surface area contributed by atoms with Crippen LogP contribution in [0.5, 0.6) is 0 Å². The molecule has 11 atom stereocenters. The minimum Gasteiger partial charge on any atom is -0.393 e. The average molecular weight is 477 g/mol. The summed E-state index contributed by atoms with van der Waals surface area (Å²) in [4.78, 5) is 0. The smallest absolute Gasteiger partial charge is 0.111 e. The molecule has 0 aromatic carbocycles. The molecule has 1 unspecified atom stereocenters. The van der Waals surface area contributed by atoms with Gasteiger partial charge in [-0.1, -0.05) is 34.6 Å². The van der Waals surface area contributed by atoms with E-state index in [1.165, 1.54) is 44.9 Å². The van der Waals surface area contributed by atoms with Crippen molar-refractivity contribution in [3.8, 4) is 0 Å². The van der Waals surface area contributed by atoms with Crippen molar-refractivity contribution in [3.05, 3.63) is 0 Å². The Labute approximate surface area is 208 Å². The summed E-state index contributed by atoms with van der Waals surface area (Å²) in [6, 6.07) is 0. The van der Waals surface area contributed by atoms with Crippen LogP contribution in [0.1, 0.15) is 106 Å². The first kappa shape index (κ1) is 25.5. The van der Waals surface area contributed by atoms with Crippen molar-refractivity contribution < 1.29 is 20.1 Å². The van der Waals surface area contributed by atoms with E-state index in [2.05, 4.69) is 34.6 Å². The number of hydrogen-bond acceptors (Lipinski definition) is 4. The summed E-state index contributed by atoms with van der Waals surface area (Å²) in [6.45, 7) is 16.6. The van der Waals surface area contributed by atoms with Gasteiger partial charge in [-0.25, -0.2) is 0 Å². The van der Waals surface area contributed by atoms with Crippen LogP contribution >= 0.6 is 0 Å². The predicted octanol–water partition coefficient (Wildman–Crippen LogP) is 5.57. The van der Waals surface area contributed by atoms with E-state index in [0.717, 1.165) is 24.7 Å². The lowest BCUT2D eigenvalue weighted by atomic mass is 9.38. The maximum absolute atomic E-state index is 10.9. The molecule has 1 aliphatic heterocycles. The maximum atomic E-state index is 10.9. The first-order valence-electron chi connectivity index (χ1n) is 14.4. The SMILES string of the molecule is CC(C)(O)[C@@H]1OC[C@H]([C@H]2CC[C@@]3(C)C4CC[C@@H]5C(C)(C)[C@H](O)CC[C@@]5(C)[C@@H]4CC[C@@]23C)C[C@H]1O. The molecule has 5 rings (SSSR count). The molecule has 196 valence electrons. The lowest BCUT2D eigenvalue weighted by Crippen LogP contribution is -2.62. The Kier molecular flexibility index (Phi) is 5.94. The summed E-state index contributed by atoms with van der Waals surface area (Å²) in [5.74, 6) is 3.12. The van der Waals surface area contributed by atoms with Crippen LogP contribution in [-0.2, 0) is 4.74 Å². The van der Waals surface area contributed by atoms with E-state index < -0.39 is 17.8 Å². The van der Waals surface area contributed by atoms with E-state index in [1.54, 1.807) is 13.8 Å². The van der Waals surface area contributed by atoms with Gasteiger partial charge in [0.05, 0.1) is 24.4 Å². The molecule has 0 spiro atoms. The Bertz CT molecular complexity index is 787. The number of aliphatic hydroxyl groups excluding tert-OH is 2. The van der Waals surface area contributed by atoms with Crippen LogP contribution in [0.15, 0.2) is 0 Å². The predicted molar refractivity (Wildman–Crippen MR) is 135 cm³/mol. The van der Waals surface area contributed by atoms with Crippen LogP contribution in [0.3, 0.4) is 0 Å². The molecule has 0 radical (unpaired) electrons. The topological polar surface area (TPSA) is 69.9 Å². The van der Waals surface area contributed by atoms with Crippen molar-refractivity contribution in [3.63, 3.8) is 0 Å². The third-order valence-corrected chi connectivity index (χ3v) is 13.1. The van der Waals surface area contributed by atoms with E-state index >= 15 is 0 Å². The van der Waals surface area contributed by atoms with Gasteiger partial charge in [-0.15, -0.1) is 0 Å². The molecule has 1 saturated heterocycles. The first-order valence-corrected chi connectivity index (χ1v) is 14.4. The van der Waals surface area contributed by atoms with Gasteiger partial charge in [0, 0.05) is 0 Å². The van der Waals surface area contributed by atoms with Crippen LogP contribution in [0.2, 0.25) is 0 Å². The van der Waals surface area contributed by atoms with E-state index in [0.29, 0.717) is 35.2 Å². The fourth-order valence-electron chi connectivity index (χ4n) is 11.1. The van der Waals surface area contributed by atoms with Gasteiger partial charge in [0.15, 0.2) is 0 Å².